The van der Waals surface area contributed by atoms with Crippen LogP contribution in [-0.4, -0.2) is 58.8 Å². The van der Waals surface area contributed by atoms with Crippen LogP contribution < -0.4 is 0 Å². The lowest BCUT2D eigenvalue weighted by molar-refractivity contribution is -0.151. The van der Waals surface area contributed by atoms with E-state index in [1.54, 1.807) is 0 Å². The van der Waals surface area contributed by atoms with Crippen LogP contribution in [0.1, 0.15) is 78.1 Å². The minimum atomic E-state index is -1.07. The summed E-state index contributed by atoms with van der Waals surface area (Å²) in [6.45, 7) is 2.94. The fraction of sp³-hybridized carbons (Fsp3) is 0.680. The van der Waals surface area contributed by atoms with Gasteiger partial charge >= 0.3 is 11.9 Å². The van der Waals surface area contributed by atoms with E-state index >= 15 is 0 Å². The highest BCUT2D eigenvalue weighted by Crippen LogP contribution is 2.10. The predicted octanol–water partition coefficient (Wildman–Crippen LogP) is 3.76. The van der Waals surface area contributed by atoms with E-state index in [1.807, 2.05) is 12.2 Å². The molecule has 0 fully saturated rings. The first-order valence-electron chi connectivity index (χ1n) is 11.6. The van der Waals surface area contributed by atoms with E-state index in [2.05, 4.69) is 36.0 Å². The van der Waals surface area contributed by atoms with Crippen molar-refractivity contribution in [1.29, 1.82) is 0 Å². The lowest BCUT2D eigenvalue weighted by Crippen LogP contribution is -2.26. The molecule has 3 atom stereocenters. The summed E-state index contributed by atoms with van der Waals surface area (Å²) >= 11 is 0. The fourth-order valence-corrected chi connectivity index (χ4v) is 2.74. The molecule has 0 aliphatic rings. The van der Waals surface area contributed by atoms with Crippen LogP contribution in [-0.2, 0) is 19.1 Å². The lowest BCUT2D eigenvalue weighted by Gasteiger charge is -2.16. The molecule has 0 spiro atoms. The highest BCUT2D eigenvalue weighted by molar-refractivity contribution is 5.69. The Bertz CT molecular complexity index is 569. The number of hydrogen-bond acceptors (Lipinski definition) is 7. The van der Waals surface area contributed by atoms with E-state index in [1.165, 1.54) is 26.2 Å². The van der Waals surface area contributed by atoms with Crippen LogP contribution >= 0.6 is 0 Å². The molecular formula is C25H42O7. The molecule has 0 aliphatic carbocycles. The lowest BCUT2D eigenvalue weighted by atomic mass is 10.0. The van der Waals surface area contributed by atoms with Crippen LogP contribution in [0.4, 0.5) is 0 Å². The van der Waals surface area contributed by atoms with Gasteiger partial charge in [0.1, 0.15) is 19.3 Å². The molecule has 0 aromatic rings. The number of ether oxygens (including phenoxy) is 2. The number of aliphatic hydroxyl groups excluding tert-OH is 3. The number of unbranched alkanes of at least 4 members (excludes halogenated alkanes) is 3. The molecule has 0 aromatic heterocycles. The number of hydrogen-bond donors (Lipinski definition) is 3. The van der Waals surface area contributed by atoms with Gasteiger partial charge in [-0.2, -0.15) is 0 Å². The molecule has 0 heterocycles. The van der Waals surface area contributed by atoms with E-state index in [4.69, 9.17) is 4.74 Å². The van der Waals surface area contributed by atoms with E-state index in [9.17, 15) is 24.9 Å². The van der Waals surface area contributed by atoms with Crippen LogP contribution in [0.25, 0.3) is 0 Å². The van der Waals surface area contributed by atoms with Gasteiger partial charge in [0.2, 0.25) is 0 Å². The summed E-state index contributed by atoms with van der Waals surface area (Å²) in [4.78, 5) is 22.3. The van der Waals surface area contributed by atoms with Crippen LogP contribution in [0.3, 0.4) is 0 Å². The monoisotopic (exact) mass is 454 g/mol. The Morgan fingerprint density at radius 1 is 0.812 bits per heavy atom. The van der Waals surface area contributed by atoms with Gasteiger partial charge in [-0.3, -0.25) is 9.59 Å². The summed E-state index contributed by atoms with van der Waals surface area (Å²) in [5.41, 5.74) is 0. The van der Waals surface area contributed by atoms with Crippen molar-refractivity contribution in [1.82, 2.24) is 0 Å². The SMILES string of the molecule is CCCCC/C=C\C/C=C\C/C=C\CC(O)C(O)CCCC(=O)OC[C@H](O)COC(C)=O. The quantitative estimate of drug-likeness (QED) is 0.155. The van der Waals surface area contributed by atoms with Crippen molar-refractivity contribution in [3.8, 4) is 0 Å². The largest absolute Gasteiger partial charge is 0.463 e. The minimum Gasteiger partial charge on any atom is -0.463 e. The molecule has 2 unspecified atom stereocenters. The normalized spacial score (nSPS) is 14.8. The Balaban J connectivity index is 3.79. The average Bonchev–Trinajstić information content (AvgIpc) is 2.76. The molecule has 0 bridgehead atoms. The van der Waals surface area contributed by atoms with Crippen molar-refractivity contribution in [2.24, 2.45) is 0 Å². The van der Waals surface area contributed by atoms with Crippen molar-refractivity contribution in [3.63, 3.8) is 0 Å². The van der Waals surface area contributed by atoms with Gasteiger partial charge in [0, 0.05) is 13.3 Å². The van der Waals surface area contributed by atoms with Gasteiger partial charge in [0.15, 0.2) is 0 Å². The molecule has 7 nitrogen and oxygen atoms in total. The highest BCUT2D eigenvalue weighted by Gasteiger charge is 2.16. The molecule has 0 saturated carbocycles. The second-order valence-corrected chi connectivity index (χ2v) is 7.78. The number of allylic oxidation sites excluding steroid dienone is 5. The number of carbonyl (C=O) groups excluding carboxylic acids is 2. The van der Waals surface area contributed by atoms with Crippen molar-refractivity contribution < 1.29 is 34.4 Å². The van der Waals surface area contributed by atoms with Crippen LogP contribution in [0.15, 0.2) is 36.5 Å². The smallest absolute Gasteiger partial charge is 0.305 e. The first-order valence-corrected chi connectivity index (χ1v) is 11.6. The Hall–Kier alpha value is -1.96. The number of aliphatic hydroxyl groups is 3. The summed E-state index contributed by atoms with van der Waals surface area (Å²) in [7, 11) is 0. The molecule has 32 heavy (non-hydrogen) atoms. The van der Waals surface area contributed by atoms with Crippen molar-refractivity contribution >= 4 is 11.9 Å². The van der Waals surface area contributed by atoms with Crippen molar-refractivity contribution in [2.45, 2.75) is 96.4 Å². The summed E-state index contributed by atoms with van der Waals surface area (Å²) in [6.07, 6.45) is 17.2. The molecule has 0 aromatic carbocycles. The van der Waals surface area contributed by atoms with Crippen LogP contribution in [0, 0.1) is 0 Å². The van der Waals surface area contributed by atoms with Gasteiger partial charge in [-0.25, -0.2) is 0 Å². The summed E-state index contributed by atoms with van der Waals surface area (Å²) in [6, 6.07) is 0. The summed E-state index contributed by atoms with van der Waals surface area (Å²) in [5, 5.41) is 29.5. The topological polar surface area (TPSA) is 113 Å². The standard InChI is InChI=1S/C25H42O7/c1-3-4-5-6-7-8-9-10-11-12-13-14-16-23(28)24(29)17-15-18-25(30)32-20-22(27)19-31-21(2)26/h7-8,10-11,13-14,22-24,27-29H,3-6,9,12,15-20H2,1-2H3/b8-7-,11-10-,14-13-/t22-,23?,24?/m1/s1. The second kappa shape index (κ2) is 20.9. The first kappa shape index (κ1) is 30.0. The van der Waals surface area contributed by atoms with Gasteiger partial charge in [-0.1, -0.05) is 56.2 Å². The van der Waals surface area contributed by atoms with Gasteiger partial charge in [0.25, 0.3) is 0 Å². The zero-order valence-corrected chi connectivity index (χ0v) is 19.7. The van der Waals surface area contributed by atoms with Gasteiger partial charge < -0.3 is 24.8 Å². The fourth-order valence-electron chi connectivity index (χ4n) is 2.74. The van der Waals surface area contributed by atoms with Crippen molar-refractivity contribution in [2.75, 3.05) is 13.2 Å². The second-order valence-electron chi connectivity index (χ2n) is 7.78. The third-order valence-electron chi connectivity index (χ3n) is 4.64. The Labute approximate surface area is 192 Å². The zero-order chi connectivity index (χ0) is 24.0. The molecule has 0 rings (SSSR count). The maximum absolute atomic E-state index is 11.6. The van der Waals surface area contributed by atoms with Crippen LogP contribution in [0.2, 0.25) is 0 Å². The summed E-state index contributed by atoms with van der Waals surface area (Å²) < 4.78 is 9.49. The van der Waals surface area contributed by atoms with Gasteiger partial charge in [-0.05, 0) is 44.9 Å². The average molecular weight is 455 g/mol. The first-order chi connectivity index (χ1) is 15.4. The molecule has 0 saturated heterocycles. The molecule has 0 aliphatic heterocycles. The third kappa shape index (κ3) is 20.0. The third-order valence-corrected chi connectivity index (χ3v) is 4.64. The maximum atomic E-state index is 11.6. The van der Waals surface area contributed by atoms with E-state index < -0.39 is 30.3 Å². The van der Waals surface area contributed by atoms with E-state index in [0.717, 1.165) is 19.3 Å². The maximum Gasteiger partial charge on any atom is 0.305 e. The molecular weight excluding hydrogens is 412 g/mol. The molecule has 3 N–H and O–H groups in total. The number of carbonyl (C=O) groups is 2. The molecule has 0 radical (unpaired) electrons. The Morgan fingerprint density at radius 2 is 1.44 bits per heavy atom. The number of rotatable bonds is 19. The van der Waals surface area contributed by atoms with E-state index in [-0.39, 0.29) is 26.1 Å². The molecule has 0 amide bonds. The van der Waals surface area contributed by atoms with Crippen molar-refractivity contribution in [3.05, 3.63) is 36.5 Å². The van der Waals surface area contributed by atoms with E-state index in [0.29, 0.717) is 12.8 Å². The van der Waals surface area contributed by atoms with Gasteiger partial charge in [0.05, 0.1) is 12.2 Å². The molecule has 184 valence electrons. The van der Waals surface area contributed by atoms with Gasteiger partial charge in [-0.15, -0.1) is 0 Å². The highest BCUT2D eigenvalue weighted by atomic mass is 16.6. The summed E-state index contributed by atoms with van der Waals surface area (Å²) in [5.74, 6) is -1.04. The molecule has 7 heteroatoms. The minimum absolute atomic E-state index is 0.0672. The Morgan fingerprint density at radius 3 is 2.09 bits per heavy atom. The Kier molecular flexibility index (Phi) is 19.6. The zero-order valence-electron chi connectivity index (χ0n) is 19.7. The predicted molar refractivity (Wildman–Crippen MR) is 125 cm³/mol. The van der Waals surface area contributed by atoms with Crippen LogP contribution in [0.5, 0.6) is 0 Å². The number of esters is 2.